The van der Waals surface area contributed by atoms with Crippen LogP contribution in [0.3, 0.4) is 0 Å². The molecular weight excluding hydrogens is 353 g/mol. The normalized spacial score (nSPS) is 10.4. The number of hydrazone groups is 1. The van der Waals surface area contributed by atoms with E-state index in [9.17, 15) is 4.39 Å². The van der Waals surface area contributed by atoms with Gasteiger partial charge in [-0.1, -0.05) is 18.2 Å². The van der Waals surface area contributed by atoms with Crippen LogP contribution in [-0.4, -0.2) is 25.0 Å². The van der Waals surface area contributed by atoms with E-state index in [4.69, 9.17) is 21.7 Å². The second kappa shape index (κ2) is 10.1. The Labute approximate surface area is 157 Å². The maximum Gasteiger partial charge on any atom is 0.187 e. The lowest BCUT2D eigenvalue weighted by atomic mass is 10.2. The molecule has 0 radical (unpaired) electrons. The maximum atomic E-state index is 12.9. The zero-order valence-electron chi connectivity index (χ0n) is 14.4. The van der Waals surface area contributed by atoms with Gasteiger partial charge in [-0.3, -0.25) is 5.43 Å². The Morgan fingerprint density at radius 2 is 2.00 bits per heavy atom. The Kier molecular flexibility index (Phi) is 7.57. The van der Waals surface area contributed by atoms with Crippen molar-refractivity contribution in [2.75, 3.05) is 13.7 Å². The average Bonchev–Trinajstić information content (AvgIpc) is 2.66. The number of rotatable bonds is 8. The highest BCUT2D eigenvalue weighted by atomic mass is 32.1. The highest BCUT2D eigenvalue weighted by Gasteiger charge is 2.06. The number of hydrogen-bond donors (Lipinski definition) is 2. The van der Waals surface area contributed by atoms with Crippen LogP contribution in [0.4, 0.5) is 4.39 Å². The number of hydrogen-bond acceptors (Lipinski definition) is 4. The largest absolute Gasteiger partial charge is 0.493 e. The van der Waals surface area contributed by atoms with Crippen molar-refractivity contribution in [3.05, 3.63) is 72.1 Å². The van der Waals surface area contributed by atoms with Crippen LogP contribution in [0, 0.1) is 5.82 Å². The summed E-state index contributed by atoms with van der Waals surface area (Å²) in [6.07, 6.45) is 3.32. The van der Waals surface area contributed by atoms with Gasteiger partial charge in [0.1, 0.15) is 12.4 Å². The second-order valence-electron chi connectivity index (χ2n) is 5.19. The van der Waals surface area contributed by atoms with Gasteiger partial charge in [0.05, 0.1) is 13.3 Å². The number of halogens is 1. The molecule has 2 aromatic rings. The number of methoxy groups -OCH3 is 1. The zero-order valence-corrected chi connectivity index (χ0v) is 15.2. The first kappa shape index (κ1) is 19.4. The molecular formula is C19H20FN3O2S. The van der Waals surface area contributed by atoms with Crippen LogP contribution in [0.5, 0.6) is 11.5 Å². The Balaban J connectivity index is 1.96. The summed E-state index contributed by atoms with van der Waals surface area (Å²) in [6.45, 7) is 4.47. The van der Waals surface area contributed by atoms with Crippen LogP contribution >= 0.6 is 12.2 Å². The molecule has 0 aromatic heterocycles. The van der Waals surface area contributed by atoms with E-state index in [1.807, 2.05) is 6.07 Å². The minimum absolute atomic E-state index is 0.275. The molecule has 0 unspecified atom stereocenters. The van der Waals surface area contributed by atoms with Crippen LogP contribution < -0.4 is 20.2 Å². The molecule has 0 spiro atoms. The third-order valence-electron chi connectivity index (χ3n) is 3.28. The van der Waals surface area contributed by atoms with Crippen molar-refractivity contribution in [1.82, 2.24) is 10.7 Å². The fourth-order valence-corrected chi connectivity index (χ4v) is 2.13. The summed E-state index contributed by atoms with van der Waals surface area (Å²) >= 11 is 5.04. The summed E-state index contributed by atoms with van der Waals surface area (Å²) in [6, 6.07) is 11.6. The molecule has 0 saturated carbocycles. The minimum atomic E-state index is -0.275. The fraction of sp³-hybridized carbons (Fsp3) is 0.158. The topological polar surface area (TPSA) is 54.9 Å². The van der Waals surface area contributed by atoms with E-state index in [1.54, 1.807) is 43.7 Å². The molecule has 2 aromatic carbocycles. The van der Waals surface area contributed by atoms with Gasteiger partial charge in [-0.25, -0.2) is 4.39 Å². The molecule has 0 saturated heterocycles. The quantitative estimate of drug-likeness (QED) is 0.321. The molecule has 0 aliphatic carbocycles. The zero-order chi connectivity index (χ0) is 18.8. The van der Waals surface area contributed by atoms with Gasteiger partial charge >= 0.3 is 0 Å². The van der Waals surface area contributed by atoms with Crippen LogP contribution in [0.15, 0.2) is 60.2 Å². The Bertz CT molecular complexity index is 779. The maximum absolute atomic E-state index is 12.9. The summed E-state index contributed by atoms with van der Waals surface area (Å²) in [5.74, 6) is 0.885. The highest BCUT2D eigenvalue weighted by molar-refractivity contribution is 7.80. The van der Waals surface area contributed by atoms with E-state index in [0.29, 0.717) is 29.8 Å². The van der Waals surface area contributed by atoms with E-state index in [1.165, 1.54) is 12.1 Å². The van der Waals surface area contributed by atoms with Gasteiger partial charge < -0.3 is 14.8 Å². The first-order valence-electron chi connectivity index (χ1n) is 7.85. The van der Waals surface area contributed by atoms with Gasteiger partial charge in [-0.2, -0.15) is 5.10 Å². The van der Waals surface area contributed by atoms with Crippen LogP contribution in [0.2, 0.25) is 0 Å². The van der Waals surface area contributed by atoms with Crippen LogP contribution in [0.1, 0.15) is 11.1 Å². The van der Waals surface area contributed by atoms with Crippen molar-refractivity contribution < 1.29 is 13.9 Å². The van der Waals surface area contributed by atoms with E-state index >= 15 is 0 Å². The van der Waals surface area contributed by atoms with Crippen molar-refractivity contribution >= 4 is 23.5 Å². The first-order valence-corrected chi connectivity index (χ1v) is 8.26. The summed E-state index contributed by atoms with van der Waals surface area (Å²) in [5, 5.41) is 7.37. The van der Waals surface area contributed by atoms with E-state index in [0.717, 1.165) is 11.1 Å². The van der Waals surface area contributed by atoms with E-state index in [2.05, 4.69) is 22.4 Å². The molecule has 136 valence electrons. The molecule has 0 bridgehead atoms. The average molecular weight is 373 g/mol. The summed E-state index contributed by atoms with van der Waals surface area (Å²) < 4.78 is 24.0. The lowest BCUT2D eigenvalue weighted by Crippen LogP contribution is -2.31. The third-order valence-corrected chi connectivity index (χ3v) is 3.52. The van der Waals surface area contributed by atoms with Crippen molar-refractivity contribution in [2.24, 2.45) is 5.10 Å². The van der Waals surface area contributed by atoms with Gasteiger partial charge in [-0.05, 0) is 53.7 Å². The summed E-state index contributed by atoms with van der Waals surface area (Å²) in [5.41, 5.74) is 4.39. The highest BCUT2D eigenvalue weighted by Crippen LogP contribution is 2.28. The summed E-state index contributed by atoms with van der Waals surface area (Å²) in [7, 11) is 1.56. The predicted octanol–water partition coefficient (Wildman–Crippen LogP) is 3.40. The molecule has 5 nitrogen and oxygen atoms in total. The monoisotopic (exact) mass is 373 g/mol. The molecule has 7 heteroatoms. The molecule has 2 N–H and O–H groups in total. The fourth-order valence-electron chi connectivity index (χ4n) is 2.00. The van der Waals surface area contributed by atoms with E-state index in [-0.39, 0.29) is 5.82 Å². The van der Waals surface area contributed by atoms with Gasteiger partial charge in [0.2, 0.25) is 0 Å². The third kappa shape index (κ3) is 6.18. The van der Waals surface area contributed by atoms with Crippen molar-refractivity contribution in [1.29, 1.82) is 0 Å². The molecule has 26 heavy (non-hydrogen) atoms. The lowest BCUT2D eigenvalue weighted by molar-refractivity contribution is 0.284. The number of nitrogens with zero attached hydrogens (tertiary/aromatic N) is 1. The standard InChI is InChI=1S/C19H20FN3O2S/c1-3-10-21-19(26)23-22-12-15-6-9-17(18(11-15)24-2)25-13-14-4-7-16(20)8-5-14/h3-9,11-12H,1,10,13H2,2H3,(H2,21,23,26)/b22-12-. The van der Waals surface area contributed by atoms with Gasteiger partial charge in [0.25, 0.3) is 0 Å². The van der Waals surface area contributed by atoms with Gasteiger partial charge in [0, 0.05) is 6.54 Å². The van der Waals surface area contributed by atoms with Crippen molar-refractivity contribution in [3.63, 3.8) is 0 Å². The van der Waals surface area contributed by atoms with Gasteiger partial charge in [-0.15, -0.1) is 6.58 Å². The van der Waals surface area contributed by atoms with Crippen LogP contribution in [-0.2, 0) is 6.61 Å². The molecule has 0 aliphatic heterocycles. The van der Waals surface area contributed by atoms with Crippen LogP contribution in [0.25, 0.3) is 0 Å². The number of benzene rings is 2. The van der Waals surface area contributed by atoms with Crippen molar-refractivity contribution in [3.8, 4) is 11.5 Å². The number of thiocarbonyl (C=S) groups is 1. The molecule has 0 fully saturated rings. The van der Waals surface area contributed by atoms with E-state index < -0.39 is 0 Å². The second-order valence-corrected chi connectivity index (χ2v) is 5.60. The number of nitrogens with one attached hydrogen (secondary N) is 2. The Hall–Kier alpha value is -2.93. The molecule has 0 amide bonds. The first-order chi connectivity index (χ1) is 12.6. The number of ether oxygens (including phenoxy) is 2. The minimum Gasteiger partial charge on any atom is -0.493 e. The summed E-state index contributed by atoms with van der Waals surface area (Å²) in [4.78, 5) is 0. The Morgan fingerprint density at radius 1 is 1.23 bits per heavy atom. The Morgan fingerprint density at radius 3 is 2.69 bits per heavy atom. The molecule has 2 rings (SSSR count). The molecule has 0 heterocycles. The SMILES string of the molecule is C=CCNC(=S)N/N=C\c1ccc(OCc2ccc(F)cc2)c(OC)c1. The van der Waals surface area contributed by atoms with Gasteiger partial charge in [0.15, 0.2) is 16.6 Å². The predicted molar refractivity (Wildman–Crippen MR) is 105 cm³/mol. The molecule has 0 aliphatic rings. The van der Waals surface area contributed by atoms with Crippen molar-refractivity contribution in [2.45, 2.75) is 6.61 Å². The lowest BCUT2D eigenvalue weighted by Gasteiger charge is -2.11. The molecule has 0 atom stereocenters. The smallest absolute Gasteiger partial charge is 0.187 e.